The van der Waals surface area contributed by atoms with E-state index in [2.05, 4.69) is 20.9 Å². The van der Waals surface area contributed by atoms with Gasteiger partial charge in [-0.1, -0.05) is 12.1 Å². The average Bonchev–Trinajstić information content (AvgIpc) is 2.37. The Hall–Kier alpha value is -1.55. The molecule has 0 N–H and O–H groups in total. The topological polar surface area (TPSA) is 31.4 Å². The van der Waals surface area contributed by atoms with Gasteiger partial charge in [0.15, 0.2) is 11.5 Å². The summed E-state index contributed by atoms with van der Waals surface area (Å²) < 4.78 is 12.2. The number of benzene rings is 1. The molecule has 0 spiro atoms. The molecule has 0 aliphatic heterocycles. The Bertz CT molecular complexity index is 543. The minimum absolute atomic E-state index is 0.558. The van der Waals surface area contributed by atoms with Gasteiger partial charge < -0.3 is 9.47 Å². The number of para-hydroxylation sites is 2. The van der Waals surface area contributed by atoms with Crippen LogP contribution in [0, 0.1) is 6.92 Å². The molecule has 2 rings (SSSR count). The SMILES string of the molecule is CCOc1ccccc1Oc1cc(C)c(Br)cn1. The van der Waals surface area contributed by atoms with Crippen molar-refractivity contribution in [1.29, 1.82) is 0 Å². The van der Waals surface area contributed by atoms with E-state index < -0.39 is 0 Å². The van der Waals surface area contributed by atoms with Gasteiger partial charge in [-0.05, 0) is 47.5 Å². The van der Waals surface area contributed by atoms with Gasteiger partial charge in [0.2, 0.25) is 5.88 Å². The molecule has 94 valence electrons. The molecule has 1 heterocycles. The molecule has 0 saturated heterocycles. The van der Waals surface area contributed by atoms with Crippen molar-refractivity contribution in [1.82, 2.24) is 4.98 Å². The summed E-state index contributed by atoms with van der Waals surface area (Å²) in [6, 6.07) is 9.45. The van der Waals surface area contributed by atoms with E-state index in [0.717, 1.165) is 15.8 Å². The molecule has 0 radical (unpaired) electrons. The molecule has 0 aliphatic carbocycles. The zero-order valence-electron chi connectivity index (χ0n) is 10.3. The molecule has 1 aromatic carbocycles. The van der Waals surface area contributed by atoms with Gasteiger partial charge in [0.25, 0.3) is 0 Å². The number of aryl methyl sites for hydroxylation is 1. The van der Waals surface area contributed by atoms with Crippen molar-refractivity contribution in [2.24, 2.45) is 0 Å². The van der Waals surface area contributed by atoms with E-state index >= 15 is 0 Å². The van der Waals surface area contributed by atoms with Gasteiger partial charge in [0, 0.05) is 16.7 Å². The van der Waals surface area contributed by atoms with Crippen molar-refractivity contribution in [2.75, 3.05) is 6.61 Å². The molecule has 18 heavy (non-hydrogen) atoms. The summed E-state index contributed by atoms with van der Waals surface area (Å²) in [4.78, 5) is 4.21. The van der Waals surface area contributed by atoms with Gasteiger partial charge in [-0.25, -0.2) is 4.98 Å². The number of nitrogens with zero attached hydrogens (tertiary/aromatic N) is 1. The number of aromatic nitrogens is 1. The highest BCUT2D eigenvalue weighted by Gasteiger charge is 2.06. The summed E-state index contributed by atoms with van der Waals surface area (Å²) in [6.07, 6.45) is 1.73. The maximum Gasteiger partial charge on any atom is 0.219 e. The highest BCUT2D eigenvalue weighted by Crippen LogP contribution is 2.31. The zero-order chi connectivity index (χ0) is 13.0. The fraction of sp³-hybridized carbons (Fsp3) is 0.214. The van der Waals surface area contributed by atoms with Crippen LogP contribution in [0.2, 0.25) is 0 Å². The molecule has 1 aromatic heterocycles. The summed E-state index contributed by atoms with van der Waals surface area (Å²) in [5.41, 5.74) is 1.08. The van der Waals surface area contributed by atoms with Gasteiger partial charge in [0.05, 0.1) is 6.61 Å². The third kappa shape index (κ3) is 3.01. The van der Waals surface area contributed by atoms with Crippen molar-refractivity contribution in [2.45, 2.75) is 13.8 Å². The van der Waals surface area contributed by atoms with Crippen molar-refractivity contribution in [3.63, 3.8) is 0 Å². The molecule has 2 aromatic rings. The largest absolute Gasteiger partial charge is 0.490 e. The zero-order valence-corrected chi connectivity index (χ0v) is 11.9. The number of hydrogen-bond donors (Lipinski definition) is 0. The third-order valence-corrected chi connectivity index (χ3v) is 3.22. The van der Waals surface area contributed by atoms with Crippen LogP contribution in [0.5, 0.6) is 17.4 Å². The number of pyridine rings is 1. The van der Waals surface area contributed by atoms with E-state index in [4.69, 9.17) is 9.47 Å². The molecule has 3 nitrogen and oxygen atoms in total. The minimum Gasteiger partial charge on any atom is -0.490 e. The summed E-state index contributed by atoms with van der Waals surface area (Å²) in [5.74, 6) is 1.96. The minimum atomic E-state index is 0.558. The Morgan fingerprint density at radius 2 is 1.94 bits per heavy atom. The summed E-state index contributed by atoms with van der Waals surface area (Å²) in [6.45, 7) is 4.54. The van der Waals surface area contributed by atoms with Crippen molar-refractivity contribution < 1.29 is 9.47 Å². The molecule has 0 atom stereocenters. The van der Waals surface area contributed by atoms with Crippen molar-refractivity contribution >= 4 is 15.9 Å². The number of hydrogen-bond acceptors (Lipinski definition) is 3. The molecular formula is C14H14BrNO2. The van der Waals surface area contributed by atoms with Crippen LogP contribution >= 0.6 is 15.9 Å². The summed E-state index contributed by atoms with van der Waals surface area (Å²) in [7, 11) is 0. The number of halogens is 1. The van der Waals surface area contributed by atoms with Crippen LogP contribution in [-0.2, 0) is 0 Å². The smallest absolute Gasteiger partial charge is 0.219 e. The van der Waals surface area contributed by atoms with Gasteiger partial charge >= 0.3 is 0 Å². The highest BCUT2D eigenvalue weighted by molar-refractivity contribution is 9.10. The van der Waals surface area contributed by atoms with E-state index in [1.807, 2.05) is 44.2 Å². The second-order valence-corrected chi connectivity index (χ2v) is 4.61. The number of ether oxygens (including phenoxy) is 2. The van der Waals surface area contributed by atoms with Crippen LogP contribution in [0.25, 0.3) is 0 Å². The lowest BCUT2D eigenvalue weighted by Crippen LogP contribution is -1.95. The Labute approximate surface area is 115 Å². The van der Waals surface area contributed by atoms with Crippen molar-refractivity contribution in [3.05, 3.63) is 46.6 Å². The quantitative estimate of drug-likeness (QED) is 0.842. The van der Waals surface area contributed by atoms with Crippen LogP contribution in [0.15, 0.2) is 41.0 Å². The third-order valence-electron chi connectivity index (χ3n) is 2.39. The number of rotatable bonds is 4. The maximum atomic E-state index is 5.74. The lowest BCUT2D eigenvalue weighted by atomic mass is 10.3. The Balaban J connectivity index is 2.25. The molecule has 0 saturated carbocycles. The fourth-order valence-electron chi connectivity index (χ4n) is 1.49. The van der Waals surface area contributed by atoms with Crippen LogP contribution < -0.4 is 9.47 Å². The first kappa shape index (κ1) is 12.9. The van der Waals surface area contributed by atoms with E-state index in [-0.39, 0.29) is 0 Å². The normalized spacial score (nSPS) is 10.2. The fourth-order valence-corrected chi connectivity index (χ4v) is 1.71. The monoisotopic (exact) mass is 307 g/mol. The molecule has 0 aliphatic rings. The maximum absolute atomic E-state index is 5.74. The first-order valence-electron chi connectivity index (χ1n) is 5.72. The first-order chi connectivity index (χ1) is 8.70. The second-order valence-electron chi connectivity index (χ2n) is 3.75. The summed E-state index contributed by atoms with van der Waals surface area (Å²) in [5, 5.41) is 0. The van der Waals surface area contributed by atoms with Crippen LogP contribution in [0.1, 0.15) is 12.5 Å². The van der Waals surface area contributed by atoms with E-state index in [9.17, 15) is 0 Å². The van der Waals surface area contributed by atoms with Crippen LogP contribution in [0.4, 0.5) is 0 Å². The van der Waals surface area contributed by atoms with Crippen LogP contribution in [-0.4, -0.2) is 11.6 Å². The first-order valence-corrected chi connectivity index (χ1v) is 6.52. The van der Waals surface area contributed by atoms with Gasteiger partial charge in [-0.15, -0.1) is 0 Å². The predicted octanol–water partition coefficient (Wildman–Crippen LogP) is 4.34. The molecular weight excluding hydrogens is 294 g/mol. The standard InChI is InChI=1S/C14H14BrNO2/c1-3-17-12-6-4-5-7-13(12)18-14-8-10(2)11(15)9-16-14/h4-9H,3H2,1-2H3. The van der Waals surface area contributed by atoms with Gasteiger partial charge in [-0.3, -0.25) is 0 Å². The molecule has 0 amide bonds. The van der Waals surface area contributed by atoms with E-state index in [0.29, 0.717) is 18.2 Å². The van der Waals surface area contributed by atoms with E-state index in [1.54, 1.807) is 6.20 Å². The average molecular weight is 308 g/mol. The highest BCUT2D eigenvalue weighted by atomic mass is 79.9. The molecule has 4 heteroatoms. The molecule has 0 unspecified atom stereocenters. The lowest BCUT2D eigenvalue weighted by molar-refractivity contribution is 0.319. The van der Waals surface area contributed by atoms with Crippen LogP contribution in [0.3, 0.4) is 0 Å². The predicted molar refractivity (Wildman–Crippen MR) is 74.4 cm³/mol. The Morgan fingerprint density at radius 3 is 2.61 bits per heavy atom. The lowest BCUT2D eigenvalue weighted by Gasteiger charge is -2.11. The molecule has 0 bridgehead atoms. The Kier molecular flexibility index (Phi) is 4.20. The summed E-state index contributed by atoms with van der Waals surface area (Å²) >= 11 is 3.41. The van der Waals surface area contributed by atoms with Gasteiger partial charge in [-0.2, -0.15) is 0 Å². The molecule has 0 fully saturated rings. The van der Waals surface area contributed by atoms with Crippen molar-refractivity contribution in [3.8, 4) is 17.4 Å². The second kappa shape index (κ2) is 5.87. The van der Waals surface area contributed by atoms with E-state index in [1.165, 1.54) is 0 Å². The van der Waals surface area contributed by atoms with Gasteiger partial charge in [0.1, 0.15) is 0 Å². The Morgan fingerprint density at radius 1 is 1.22 bits per heavy atom.